The first-order valence-corrected chi connectivity index (χ1v) is 4.09. The van der Waals surface area contributed by atoms with Gasteiger partial charge in [-0.1, -0.05) is 39.8 Å². The zero-order chi connectivity index (χ0) is 8.04. The first-order chi connectivity index (χ1) is 4.62. The van der Waals surface area contributed by atoms with Crippen molar-refractivity contribution in [2.45, 2.75) is 40.0 Å². The van der Waals surface area contributed by atoms with E-state index in [9.17, 15) is 0 Å². The number of unbranched alkanes of at least 4 members (excludes halogenated alkanes) is 1. The summed E-state index contributed by atoms with van der Waals surface area (Å²) in [6, 6.07) is 0. The molecule has 0 fully saturated rings. The molecule has 0 aliphatic heterocycles. The van der Waals surface area contributed by atoms with Crippen molar-refractivity contribution in [3.8, 4) is 0 Å². The van der Waals surface area contributed by atoms with Crippen molar-refractivity contribution in [1.82, 2.24) is 0 Å². The normalized spacial score (nSPS) is 12.8. The monoisotopic (exact) mass is 139 g/mol. The maximum Gasteiger partial charge on any atom is -0.0177 e. The van der Waals surface area contributed by atoms with Crippen LogP contribution in [-0.4, -0.2) is 0 Å². The average Bonchev–Trinajstić information content (AvgIpc) is 1.89. The molecule has 1 radical (unpaired) electrons. The number of allylic oxidation sites excluding steroid dienone is 2. The predicted molar refractivity (Wildman–Crippen MR) is 47.8 cm³/mol. The van der Waals surface area contributed by atoms with Gasteiger partial charge in [0, 0.05) is 0 Å². The van der Waals surface area contributed by atoms with Gasteiger partial charge in [-0.15, -0.1) is 0 Å². The van der Waals surface area contributed by atoms with Crippen molar-refractivity contribution in [3.05, 3.63) is 19.1 Å². The van der Waals surface area contributed by atoms with Crippen molar-refractivity contribution in [1.29, 1.82) is 0 Å². The second-order valence-corrected chi connectivity index (χ2v) is 3.39. The molecule has 0 saturated heterocycles. The fraction of sp³-hybridized carbons (Fsp3) is 0.700. The molecular formula is C10H19. The second-order valence-electron chi connectivity index (χ2n) is 3.39. The van der Waals surface area contributed by atoms with Crippen LogP contribution in [0.3, 0.4) is 0 Å². The standard InChI is InChI=1S/C10H19/c1-5-7-8-9-10(3,4)6-2/h8-9H,1,5-7H2,2-4H3/b9-8+. The van der Waals surface area contributed by atoms with E-state index in [2.05, 4.69) is 39.8 Å². The molecule has 0 unspecified atom stereocenters. The Balaban J connectivity index is 3.63. The largest absolute Gasteiger partial charge is 0.0880 e. The van der Waals surface area contributed by atoms with Gasteiger partial charge in [0.25, 0.3) is 0 Å². The summed E-state index contributed by atoms with van der Waals surface area (Å²) in [6.07, 6.45) is 7.86. The minimum absolute atomic E-state index is 0.384. The van der Waals surface area contributed by atoms with Crippen LogP contribution in [0, 0.1) is 12.3 Å². The van der Waals surface area contributed by atoms with Crippen LogP contribution in [0.2, 0.25) is 0 Å². The fourth-order valence-corrected chi connectivity index (χ4v) is 0.638. The van der Waals surface area contributed by atoms with E-state index < -0.39 is 0 Å². The van der Waals surface area contributed by atoms with Gasteiger partial charge in [0.05, 0.1) is 0 Å². The van der Waals surface area contributed by atoms with Gasteiger partial charge in [-0.3, -0.25) is 0 Å². The molecule has 0 heterocycles. The third kappa shape index (κ3) is 4.60. The van der Waals surface area contributed by atoms with Crippen LogP contribution < -0.4 is 0 Å². The number of hydrogen-bond acceptors (Lipinski definition) is 0. The lowest BCUT2D eigenvalue weighted by Crippen LogP contribution is -2.03. The summed E-state index contributed by atoms with van der Waals surface area (Å²) in [7, 11) is 0. The van der Waals surface area contributed by atoms with E-state index in [0.29, 0.717) is 5.41 Å². The van der Waals surface area contributed by atoms with Gasteiger partial charge in [0.2, 0.25) is 0 Å². The second kappa shape index (κ2) is 4.54. The van der Waals surface area contributed by atoms with E-state index in [0.717, 1.165) is 12.8 Å². The summed E-state index contributed by atoms with van der Waals surface area (Å²) in [5, 5.41) is 0. The van der Waals surface area contributed by atoms with Gasteiger partial charge in [-0.25, -0.2) is 0 Å². The van der Waals surface area contributed by atoms with Gasteiger partial charge >= 0.3 is 0 Å². The lowest BCUT2D eigenvalue weighted by atomic mass is 9.90. The third-order valence-corrected chi connectivity index (χ3v) is 1.85. The van der Waals surface area contributed by atoms with E-state index in [4.69, 9.17) is 0 Å². The smallest absolute Gasteiger partial charge is 0.0177 e. The minimum Gasteiger partial charge on any atom is -0.0880 e. The summed E-state index contributed by atoms with van der Waals surface area (Å²) in [5.41, 5.74) is 0.384. The zero-order valence-electron chi connectivity index (χ0n) is 7.48. The molecule has 0 atom stereocenters. The molecule has 0 saturated carbocycles. The predicted octanol–water partition coefficient (Wildman–Crippen LogP) is 3.59. The first-order valence-electron chi connectivity index (χ1n) is 4.09. The molecule has 0 N–H and O–H groups in total. The summed E-state index contributed by atoms with van der Waals surface area (Å²) in [4.78, 5) is 0. The topological polar surface area (TPSA) is 0 Å². The molecule has 0 aliphatic rings. The molecule has 0 amide bonds. The molecule has 0 bridgehead atoms. The van der Waals surface area contributed by atoms with Gasteiger partial charge in [0.1, 0.15) is 0 Å². The van der Waals surface area contributed by atoms with Crippen molar-refractivity contribution < 1.29 is 0 Å². The Morgan fingerprint density at radius 2 is 2.00 bits per heavy atom. The molecule has 59 valence electrons. The molecule has 0 aromatic carbocycles. The molecule has 0 rings (SSSR count). The summed E-state index contributed by atoms with van der Waals surface area (Å²) < 4.78 is 0. The molecular weight excluding hydrogens is 120 g/mol. The lowest BCUT2D eigenvalue weighted by molar-refractivity contribution is 0.461. The van der Waals surface area contributed by atoms with E-state index in [1.54, 1.807) is 0 Å². The third-order valence-electron chi connectivity index (χ3n) is 1.85. The van der Waals surface area contributed by atoms with Crippen LogP contribution >= 0.6 is 0 Å². The summed E-state index contributed by atoms with van der Waals surface area (Å²) in [5.74, 6) is 0. The molecule has 0 spiro atoms. The molecule has 0 nitrogen and oxygen atoms in total. The van der Waals surface area contributed by atoms with E-state index >= 15 is 0 Å². The van der Waals surface area contributed by atoms with Crippen LogP contribution in [0.1, 0.15) is 40.0 Å². The molecule has 0 aromatic rings. The maximum atomic E-state index is 3.78. The van der Waals surface area contributed by atoms with Crippen molar-refractivity contribution in [2.24, 2.45) is 5.41 Å². The quantitative estimate of drug-likeness (QED) is 0.522. The van der Waals surface area contributed by atoms with Crippen molar-refractivity contribution in [3.63, 3.8) is 0 Å². The van der Waals surface area contributed by atoms with Crippen LogP contribution in [0.5, 0.6) is 0 Å². The number of hydrogen-bond donors (Lipinski definition) is 0. The zero-order valence-corrected chi connectivity index (χ0v) is 7.48. The SMILES string of the molecule is [CH2]CC/C=C/C(C)(C)CC. The van der Waals surface area contributed by atoms with Crippen LogP contribution in [-0.2, 0) is 0 Å². The molecule has 0 aliphatic carbocycles. The van der Waals surface area contributed by atoms with Crippen LogP contribution in [0.4, 0.5) is 0 Å². The Bertz CT molecular complexity index is 98.6. The van der Waals surface area contributed by atoms with Crippen LogP contribution in [0.15, 0.2) is 12.2 Å². The molecule has 10 heavy (non-hydrogen) atoms. The van der Waals surface area contributed by atoms with E-state index in [-0.39, 0.29) is 0 Å². The van der Waals surface area contributed by atoms with Gasteiger partial charge < -0.3 is 0 Å². The maximum absolute atomic E-state index is 3.78. The molecule has 0 heteroatoms. The van der Waals surface area contributed by atoms with E-state index in [1.807, 2.05) is 0 Å². The highest BCUT2D eigenvalue weighted by molar-refractivity contribution is 4.93. The Labute approximate surface area is 65.3 Å². The van der Waals surface area contributed by atoms with Gasteiger partial charge in [-0.2, -0.15) is 0 Å². The van der Waals surface area contributed by atoms with Crippen LogP contribution in [0.25, 0.3) is 0 Å². The van der Waals surface area contributed by atoms with Crippen molar-refractivity contribution in [2.75, 3.05) is 0 Å². The fourth-order valence-electron chi connectivity index (χ4n) is 0.638. The molecule has 0 aromatic heterocycles. The highest BCUT2D eigenvalue weighted by Crippen LogP contribution is 2.21. The average molecular weight is 139 g/mol. The summed E-state index contributed by atoms with van der Waals surface area (Å²) >= 11 is 0. The minimum atomic E-state index is 0.384. The Hall–Kier alpha value is -0.260. The van der Waals surface area contributed by atoms with Crippen molar-refractivity contribution >= 4 is 0 Å². The Morgan fingerprint density at radius 3 is 2.40 bits per heavy atom. The number of rotatable bonds is 4. The lowest BCUT2D eigenvalue weighted by Gasteiger charge is -2.16. The Morgan fingerprint density at radius 1 is 1.40 bits per heavy atom. The highest BCUT2D eigenvalue weighted by atomic mass is 14.1. The first kappa shape index (κ1) is 9.74. The van der Waals surface area contributed by atoms with Gasteiger partial charge in [0.15, 0.2) is 0 Å². The highest BCUT2D eigenvalue weighted by Gasteiger charge is 2.08. The van der Waals surface area contributed by atoms with Gasteiger partial charge in [-0.05, 0) is 24.7 Å². The summed E-state index contributed by atoms with van der Waals surface area (Å²) in [6.45, 7) is 10.5. The Kier molecular flexibility index (Phi) is 4.42. The van der Waals surface area contributed by atoms with E-state index in [1.165, 1.54) is 6.42 Å².